The van der Waals surface area contributed by atoms with Gasteiger partial charge in [0.25, 0.3) is 0 Å². The molecule has 0 saturated carbocycles. The number of aryl methyl sites for hydroxylation is 2. The van der Waals surface area contributed by atoms with E-state index in [1.165, 1.54) is 47.3 Å². The first-order chi connectivity index (χ1) is 13.1. The van der Waals surface area contributed by atoms with Crippen molar-refractivity contribution in [1.82, 2.24) is 4.90 Å². The molecular weight excluding hydrogens is 330 g/mol. The minimum Gasteiger partial charge on any atom is -0.397 e. The molecular formula is C24H31N3. The smallest absolute Gasteiger partial charge is 0.0674 e. The summed E-state index contributed by atoms with van der Waals surface area (Å²) in [5.74, 6) is 0.699. The van der Waals surface area contributed by atoms with E-state index in [2.05, 4.69) is 65.8 Å². The number of nitrogens with zero attached hydrogens (tertiary/aromatic N) is 2. The Kier molecular flexibility index (Phi) is 5.22. The third-order valence-corrected chi connectivity index (χ3v) is 6.11. The Labute approximate surface area is 163 Å². The van der Waals surface area contributed by atoms with E-state index in [4.69, 9.17) is 5.73 Å². The SMILES string of the molecule is C=C(CN1CCC(c2ccccc2)CC1)N1CCCc2cc(C)cc(N)c21. The van der Waals surface area contributed by atoms with Crippen molar-refractivity contribution in [3.05, 3.63) is 71.4 Å². The molecule has 0 radical (unpaired) electrons. The normalized spacial score (nSPS) is 18.3. The Morgan fingerprint density at radius 1 is 1.11 bits per heavy atom. The van der Waals surface area contributed by atoms with Gasteiger partial charge in [-0.3, -0.25) is 4.90 Å². The molecule has 2 aromatic carbocycles. The lowest BCUT2D eigenvalue weighted by Crippen LogP contribution is -2.39. The first-order valence-corrected chi connectivity index (χ1v) is 10.2. The average molecular weight is 362 g/mol. The van der Waals surface area contributed by atoms with Crippen LogP contribution in [0.1, 0.15) is 41.9 Å². The molecule has 3 nitrogen and oxygen atoms in total. The first-order valence-electron chi connectivity index (χ1n) is 10.2. The highest BCUT2D eigenvalue weighted by Crippen LogP contribution is 2.36. The molecule has 0 aromatic heterocycles. The van der Waals surface area contributed by atoms with E-state index < -0.39 is 0 Å². The number of nitrogens with two attached hydrogens (primary N) is 1. The zero-order valence-electron chi connectivity index (χ0n) is 16.5. The predicted octanol–water partition coefficient (Wildman–Crippen LogP) is 4.72. The van der Waals surface area contributed by atoms with Crippen molar-refractivity contribution in [2.24, 2.45) is 0 Å². The number of nitrogen functional groups attached to an aromatic ring is 1. The average Bonchev–Trinajstić information content (AvgIpc) is 2.68. The quantitative estimate of drug-likeness (QED) is 0.800. The molecule has 0 bridgehead atoms. The van der Waals surface area contributed by atoms with Crippen LogP contribution in [0.5, 0.6) is 0 Å². The van der Waals surface area contributed by atoms with E-state index in [0.29, 0.717) is 5.92 Å². The lowest BCUT2D eigenvalue weighted by Gasteiger charge is -2.38. The molecule has 27 heavy (non-hydrogen) atoms. The van der Waals surface area contributed by atoms with Gasteiger partial charge in [-0.1, -0.05) is 43.0 Å². The van der Waals surface area contributed by atoms with Crippen LogP contribution < -0.4 is 10.6 Å². The molecule has 2 heterocycles. The van der Waals surface area contributed by atoms with Gasteiger partial charge in [0.05, 0.1) is 11.4 Å². The number of benzene rings is 2. The van der Waals surface area contributed by atoms with Gasteiger partial charge in [-0.05, 0) is 74.4 Å². The number of hydrogen-bond acceptors (Lipinski definition) is 3. The largest absolute Gasteiger partial charge is 0.397 e. The topological polar surface area (TPSA) is 32.5 Å². The van der Waals surface area contributed by atoms with Gasteiger partial charge in [-0.25, -0.2) is 0 Å². The summed E-state index contributed by atoms with van der Waals surface area (Å²) in [7, 11) is 0. The molecule has 0 aliphatic carbocycles. The Hall–Kier alpha value is -2.26. The van der Waals surface area contributed by atoms with Crippen molar-refractivity contribution in [1.29, 1.82) is 0 Å². The van der Waals surface area contributed by atoms with Gasteiger partial charge < -0.3 is 10.6 Å². The van der Waals surface area contributed by atoms with Crippen molar-refractivity contribution in [3.8, 4) is 0 Å². The van der Waals surface area contributed by atoms with E-state index in [9.17, 15) is 0 Å². The molecule has 4 rings (SSSR count). The maximum Gasteiger partial charge on any atom is 0.0674 e. The molecule has 1 fully saturated rings. The Morgan fingerprint density at radius 3 is 2.59 bits per heavy atom. The van der Waals surface area contributed by atoms with Gasteiger partial charge in [0.1, 0.15) is 0 Å². The van der Waals surface area contributed by atoms with Gasteiger partial charge >= 0.3 is 0 Å². The van der Waals surface area contributed by atoms with E-state index in [0.717, 1.165) is 38.3 Å². The fourth-order valence-electron chi connectivity index (χ4n) is 4.75. The van der Waals surface area contributed by atoms with E-state index in [1.54, 1.807) is 0 Å². The maximum atomic E-state index is 6.39. The number of hydrogen-bond donors (Lipinski definition) is 1. The highest BCUT2D eigenvalue weighted by atomic mass is 15.2. The van der Waals surface area contributed by atoms with Gasteiger partial charge in [0, 0.05) is 18.8 Å². The summed E-state index contributed by atoms with van der Waals surface area (Å²) in [6.45, 7) is 10.8. The zero-order valence-corrected chi connectivity index (χ0v) is 16.5. The lowest BCUT2D eigenvalue weighted by molar-refractivity contribution is 0.227. The number of likely N-dealkylation sites (tertiary alicyclic amines) is 1. The third-order valence-electron chi connectivity index (χ3n) is 6.11. The van der Waals surface area contributed by atoms with Crippen molar-refractivity contribution in [2.75, 3.05) is 36.8 Å². The molecule has 0 amide bonds. The van der Waals surface area contributed by atoms with Crippen LogP contribution >= 0.6 is 0 Å². The first kappa shape index (κ1) is 18.1. The molecule has 0 spiro atoms. The number of fused-ring (bicyclic) bond motifs is 1. The lowest BCUT2D eigenvalue weighted by atomic mass is 9.89. The Balaban J connectivity index is 1.40. The van der Waals surface area contributed by atoms with Crippen molar-refractivity contribution < 1.29 is 0 Å². The van der Waals surface area contributed by atoms with Gasteiger partial charge in [-0.2, -0.15) is 0 Å². The summed E-state index contributed by atoms with van der Waals surface area (Å²) in [6, 6.07) is 15.3. The number of anilines is 2. The summed E-state index contributed by atoms with van der Waals surface area (Å²) in [6.07, 6.45) is 4.75. The molecule has 2 aromatic rings. The number of piperidine rings is 1. The van der Waals surface area contributed by atoms with E-state index in [1.807, 2.05) is 0 Å². The van der Waals surface area contributed by atoms with Crippen LogP contribution in [0, 0.1) is 6.92 Å². The fraction of sp³-hybridized carbons (Fsp3) is 0.417. The van der Waals surface area contributed by atoms with Crippen LogP contribution in [0.2, 0.25) is 0 Å². The van der Waals surface area contributed by atoms with Gasteiger partial charge in [0.2, 0.25) is 0 Å². The minimum absolute atomic E-state index is 0.699. The molecule has 2 N–H and O–H groups in total. The van der Waals surface area contributed by atoms with Crippen molar-refractivity contribution >= 4 is 11.4 Å². The third kappa shape index (κ3) is 3.89. The second kappa shape index (κ2) is 7.77. The Bertz CT molecular complexity index is 804. The van der Waals surface area contributed by atoms with Crippen molar-refractivity contribution in [2.45, 2.75) is 38.5 Å². The molecule has 0 unspecified atom stereocenters. The summed E-state index contributed by atoms with van der Waals surface area (Å²) >= 11 is 0. The maximum absolute atomic E-state index is 6.39. The van der Waals surface area contributed by atoms with Crippen molar-refractivity contribution in [3.63, 3.8) is 0 Å². The summed E-state index contributed by atoms with van der Waals surface area (Å²) in [4.78, 5) is 4.93. The standard InChI is InChI=1S/C24H31N3/c1-18-15-22-9-6-12-27(24(22)23(25)16-18)19(2)17-26-13-10-21(11-14-26)20-7-4-3-5-8-20/h3-5,7-8,15-16,21H,2,6,9-14,17,25H2,1H3. The molecule has 2 aliphatic heterocycles. The Morgan fingerprint density at radius 2 is 1.85 bits per heavy atom. The van der Waals surface area contributed by atoms with Gasteiger partial charge in [-0.15, -0.1) is 0 Å². The second-order valence-corrected chi connectivity index (χ2v) is 8.14. The fourth-order valence-corrected chi connectivity index (χ4v) is 4.75. The highest BCUT2D eigenvalue weighted by Gasteiger charge is 2.25. The summed E-state index contributed by atoms with van der Waals surface area (Å²) < 4.78 is 0. The molecule has 2 aliphatic rings. The van der Waals surface area contributed by atoms with Crippen LogP contribution in [-0.4, -0.2) is 31.1 Å². The van der Waals surface area contributed by atoms with Crippen LogP contribution in [0.3, 0.4) is 0 Å². The molecule has 142 valence electrons. The van der Waals surface area contributed by atoms with Crippen LogP contribution in [0.15, 0.2) is 54.7 Å². The summed E-state index contributed by atoms with van der Waals surface area (Å²) in [5.41, 5.74) is 13.8. The van der Waals surface area contributed by atoms with Crippen LogP contribution in [-0.2, 0) is 6.42 Å². The van der Waals surface area contributed by atoms with E-state index in [-0.39, 0.29) is 0 Å². The molecule has 3 heteroatoms. The minimum atomic E-state index is 0.699. The predicted molar refractivity (Wildman–Crippen MR) is 115 cm³/mol. The molecule has 0 atom stereocenters. The summed E-state index contributed by atoms with van der Waals surface area (Å²) in [5, 5.41) is 0. The monoisotopic (exact) mass is 361 g/mol. The zero-order chi connectivity index (χ0) is 18.8. The van der Waals surface area contributed by atoms with Crippen LogP contribution in [0.25, 0.3) is 0 Å². The van der Waals surface area contributed by atoms with Gasteiger partial charge in [0.15, 0.2) is 0 Å². The highest BCUT2D eigenvalue weighted by molar-refractivity contribution is 5.75. The van der Waals surface area contributed by atoms with Crippen LogP contribution in [0.4, 0.5) is 11.4 Å². The second-order valence-electron chi connectivity index (χ2n) is 8.14. The van der Waals surface area contributed by atoms with E-state index >= 15 is 0 Å². The molecule has 1 saturated heterocycles. The number of rotatable bonds is 4.